The van der Waals surface area contributed by atoms with Gasteiger partial charge in [0.2, 0.25) is 0 Å². The Labute approximate surface area is 111 Å². The third kappa shape index (κ3) is 3.70. The Hall–Kier alpha value is -1.07. The van der Waals surface area contributed by atoms with E-state index in [4.69, 9.17) is 0 Å². The highest BCUT2D eigenvalue weighted by Crippen LogP contribution is 2.14. The fourth-order valence-electron chi connectivity index (χ4n) is 2.45. The summed E-state index contributed by atoms with van der Waals surface area (Å²) in [5, 5.41) is 3.15. The molecule has 0 aliphatic carbocycles. The SMILES string of the molecule is CC(CNCc1cc(F)c(F)c(F)c1)N1CCCC1. The lowest BCUT2D eigenvalue weighted by atomic mass is 10.2. The topological polar surface area (TPSA) is 15.3 Å². The van der Waals surface area contributed by atoms with Crippen molar-refractivity contribution in [3.63, 3.8) is 0 Å². The van der Waals surface area contributed by atoms with Crippen LogP contribution in [0, 0.1) is 17.5 Å². The van der Waals surface area contributed by atoms with Gasteiger partial charge in [0.1, 0.15) is 0 Å². The molecule has 1 aliphatic rings. The van der Waals surface area contributed by atoms with E-state index in [0.717, 1.165) is 31.8 Å². The molecule has 1 atom stereocenters. The van der Waals surface area contributed by atoms with Crippen molar-refractivity contribution in [3.8, 4) is 0 Å². The monoisotopic (exact) mass is 272 g/mol. The fourth-order valence-corrected chi connectivity index (χ4v) is 2.45. The Balaban J connectivity index is 1.82. The normalized spacial score (nSPS) is 17.9. The highest BCUT2D eigenvalue weighted by atomic mass is 19.2. The lowest BCUT2D eigenvalue weighted by molar-refractivity contribution is 0.251. The van der Waals surface area contributed by atoms with Gasteiger partial charge in [-0.25, -0.2) is 13.2 Å². The molecule has 1 saturated heterocycles. The summed E-state index contributed by atoms with van der Waals surface area (Å²) >= 11 is 0. The van der Waals surface area contributed by atoms with Crippen molar-refractivity contribution in [2.45, 2.75) is 32.4 Å². The zero-order chi connectivity index (χ0) is 13.8. The molecule has 1 N–H and O–H groups in total. The first-order valence-corrected chi connectivity index (χ1v) is 6.66. The molecule has 0 saturated carbocycles. The van der Waals surface area contributed by atoms with Gasteiger partial charge < -0.3 is 5.32 Å². The Morgan fingerprint density at radius 2 is 1.74 bits per heavy atom. The van der Waals surface area contributed by atoms with Crippen LogP contribution in [-0.4, -0.2) is 30.6 Å². The zero-order valence-electron chi connectivity index (χ0n) is 11.1. The molecule has 2 nitrogen and oxygen atoms in total. The highest BCUT2D eigenvalue weighted by Gasteiger charge is 2.17. The Bertz CT molecular complexity index is 408. The van der Waals surface area contributed by atoms with Gasteiger partial charge in [-0.3, -0.25) is 4.90 Å². The van der Waals surface area contributed by atoms with Crippen LogP contribution in [-0.2, 0) is 6.54 Å². The van der Waals surface area contributed by atoms with E-state index in [1.54, 1.807) is 0 Å². The van der Waals surface area contributed by atoms with Crippen LogP contribution in [0.3, 0.4) is 0 Å². The minimum Gasteiger partial charge on any atom is -0.311 e. The average Bonchev–Trinajstić information content (AvgIpc) is 2.89. The summed E-state index contributed by atoms with van der Waals surface area (Å²) in [5.41, 5.74) is 0.421. The second kappa shape index (κ2) is 6.39. The summed E-state index contributed by atoms with van der Waals surface area (Å²) in [4.78, 5) is 2.39. The van der Waals surface area contributed by atoms with E-state index in [-0.39, 0.29) is 0 Å². The fraction of sp³-hybridized carbons (Fsp3) is 0.571. The minimum absolute atomic E-state index is 0.340. The molecule has 0 amide bonds. The third-order valence-corrected chi connectivity index (χ3v) is 3.58. The number of nitrogens with zero attached hydrogens (tertiary/aromatic N) is 1. The summed E-state index contributed by atoms with van der Waals surface area (Å²) in [5.74, 6) is -3.68. The standard InChI is InChI=1S/C14H19F3N2/c1-10(19-4-2-3-5-19)8-18-9-11-6-12(15)14(17)13(16)7-11/h6-7,10,18H,2-5,8-9H2,1H3. The van der Waals surface area contributed by atoms with E-state index in [1.807, 2.05) is 0 Å². The van der Waals surface area contributed by atoms with Crippen molar-refractivity contribution < 1.29 is 13.2 Å². The molecular weight excluding hydrogens is 253 g/mol. The molecule has 106 valence electrons. The number of nitrogens with one attached hydrogen (secondary N) is 1. The number of hydrogen-bond acceptors (Lipinski definition) is 2. The minimum atomic E-state index is -1.41. The zero-order valence-corrected chi connectivity index (χ0v) is 11.1. The van der Waals surface area contributed by atoms with Crippen molar-refractivity contribution in [2.75, 3.05) is 19.6 Å². The van der Waals surface area contributed by atoms with Gasteiger partial charge in [0.15, 0.2) is 17.5 Å². The molecule has 19 heavy (non-hydrogen) atoms. The van der Waals surface area contributed by atoms with Crippen LogP contribution in [0.4, 0.5) is 13.2 Å². The summed E-state index contributed by atoms with van der Waals surface area (Å²) < 4.78 is 38.8. The molecule has 0 aromatic heterocycles. The van der Waals surface area contributed by atoms with Gasteiger partial charge in [-0.05, 0) is 50.6 Å². The Morgan fingerprint density at radius 1 is 1.16 bits per heavy atom. The van der Waals surface area contributed by atoms with Crippen molar-refractivity contribution >= 4 is 0 Å². The van der Waals surface area contributed by atoms with Crippen LogP contribution >= 0.6 is 0 Å². The number of benzene rings is 1. The van der Waals surface area contributed by atoms with Gasteiger partial charge in [-0.1, -0.05) is 0 Å². The maximum absolute atomic E-state index is 13.0. The van der Waals surface area contributed by atoms with Crippen LogP contribution < -0.4 is 5.32 Å². The Kier molecular flexibility index (Phi) is 4.82. The summed E-state index contributed by atoms with van der Waals surface area (Å²) in [6.45, 7) is 5.45. The van der Waals surface area contributed by atoms with Gasteiger partial charge >= 0.3 is 0 Å². The third-order valence-electron chi connectivity index (χ3n) is 3.58. The molecule has 1 aliphatic heterocycles. The maximum atomic E-state index is 13.0. The first kappa shape index (κ1) is 14.3. The average molecular weight is 272 g/mol. The van der Waals surface area contributed by atoms with E-state index in [9.17, 15) is 13.2 Å². The smallest absolute Gasteiger partial charge is 0.194 e. The van der Waals surface area contributed by atoms with Gasteiger partial charge in [0.05, 0.1) is 0 Å². The summed E-state index contributed by atoms with van der Waals surface area (Å²) in [7, 11) is 0. The molecule has 0 bridgehead atoms. The van der Waals surface area contributed by atoms with Gasteiger partial charge in [-0.2, -0.15) is 0 Å². The number of rotatable bonds is 5. The van der Waals surface area contributed by atoms with E-state index in [2.05, 4.69) is 17.1 Å². The van der Waals surface area contributed by atoms with Crippen LogP contribution in [0.2, 0.25) is 0 Å². The quantitative estimate of drug-likeness (QED) is 0.829. The molecule has 5 heteroatoms. The van der Waals surface area contributed by atoms with E-state index in [0.29, 0.717) is 18.2 Å². The molecule has 1 fully saturated rings. The molecule has 1 heterocycles. The van der Waals surface area contributed by atoms with Crippen LogP contribution in [0.25, 0.3) is 0 Å². The van der Waals surface area contributed by atoms with Gasteiger partial charge in [0.25, 0.3) is 0 Å². The van der Waals surface area contributed by atoms with Crippen LogP contribution in [0.5, 0.6) is 0 Å². The summed E-state index contributed by atoms with van der Waals surface area (Å²) in [6, 6.07) is 2.47. The first-order valence-electron chi connectivity index (χ1n) is 6.66. The molecule has 0 spiro atoms. The first-order chi connectivity index (χ1) is 9.08. The van der Waals surface area contributed by atoms with E-state index < -0.39 is 17.5 Å². The molecule has 1 unspecified atom stereocenters. The summed E-state index contributed by atoms with van der Waals surface area (Å²) in [6.07, 6.45) is 2.47. The van der Waals surface area contributed by atoms with Crippen molar-refractivity contribution in [1.29, 1.82) is 0 Å². The molecule has 0 radical (unpaired) electrons. The number of halogens is 3. The lowest BCUT2D eigenvalue weighted by Crippen LogP contribution is -2.38. The van der Waals surface area contributed by atoms with Gasteiger partial charge in [-0.15, -0.1) is 0 Å². The predicted octanol–water partition coefficient (Wildman–Crippen LogP) is 2.68. The van der Waals surface area contributed by atoms with Crippen molar-refractivity contribution in [3.05, 3.63) is 35.1 Å². The van der Waals surface area contributed by atoms with E-state index in [1.165, 1.54) is 12.8 Å². The molecular formula is C14H19F3N2. The number of hydrogen-bond donors (Lipinski definition) is 1. The Morgan fingerprint density at radius 3 is 2.32 bits per heavy atom. The number of likely N-dealkylation sites (tertiary alicyclic amines) is 1. The molecule has 1 aromatic rings. The lowest BCUT2D eigenvalue weighted by Gasteiger charge is -2.24. The maximum Gasteiger partial charge on any atom is 0.194 e. The van der Waals surface area contributed by atoms with Crippen LogP contribution in [0.15, 0.2) is 12.1 Å². The predicted molar refractivity (Wildman–Crippen MR) is 68.3 cm³/mol. The largest absolute Gasteiger partial charge is 0.311 e. The van der Waals surface area contributed by atoms with Crippen LogP contribution in [0.1, 0.15) is 25.3 Å². The van der Waals surface area contributed by atoms with E-state index >= 15 is 0 Å². The molecule has 1 aromatic carbocycles. The van der Waals surface area contributed by atoms with Gasteiger partial charge in [0, 0.05) is 19.1 Å². The second-order valence-electron chi connectivity index (χ2n) is 5.10. The highest BCUT2D eigenvalue weighted by molar-refractivity contribution is 5.19. The van der Waals surface area contributed by atoms with Crippen molar-refractivity contribution in [2.24, 2.45) is 0 Å². The second-order valence-corrected chi connectivity index (χ2v) is 5.10. The molecule has 2 rings (SSSR count). The van der Waals surface area contributed by atoms with Crippen molar-refractivity contribution in [1.82, 2.24) is 10.2 Å².